The van der Waals surface area contributed by atoms with Crippen molar-refractivity contribution in [2.45, 2.75) is 25.6 Å². The van der Waals surface area contributed by atoms with Crippen LogP contribution >= 0.6 is 12.2 Å². The van der Waals surface area contributed by atoms with Crippen molar-refractivity contribution in [3.63, 3.8) is 0 Å². The minimum Gasteiger partial charge on any atom is -0.497 e. The first kappa shape index (κ1) is 21.2. The van der Waals surface area contributed by atoms with E-state index in [9.17, 15) is 0 Å². The second-order valence-corrected chi connectivity index (χ2v) is 8.58. The van der Waals surface area contributed by atoms with Gasteiger partial charge in [0.15, 0.2) is 5.11 Å². The highest BCUT2D eigenvalue weighted by atomic mass is 32.1. The van der Waals surface area contributed by atoms with Gasteiger partial charge in [0.05, 0.1) is 24.9 Å². The highest BCUT2D eigenvalue weighted by Crippen LogP contribution is 2.40. The van der Waals surface area contributed by atoms with Gasteiger partial charge < -0.3 is 19.5 Å². The van der Waals surface area contributed by atoms with Crippen LogP contribution in [0.4, 0.5) is 0 Å². The summed E-state index contributed by atoms with van der Waals surface area (Å²) >= 11 is 5.86. The van der Waals surface area contributed by atoms with Crippen LogP contribution in [-0.4, -0.2) is 26.7 Å². The Morgan fingerprint density at radius 2 is 1.76 bits per heavy atom. The molecule has 0 aliphatic carbocycles. The Labute approximate surface area is 199 Å². The Morgan fingerprint density at radius 1 is 0.970 bits per heavy atom. The first-order valence-corrected chi connectivity index (χ1v) is 11.4. The number of hydrogen-bond donors (Lipinski definition) is 1. The summed E-state index contributed by atoms with van der Waals surface area (Å²) in [7, 11) is 1.68. The SMILES string of the molecule is COc1ccc(CN2C(=S)N[C@H](c3ccccn3)[C@@H]2c2cccn2-c2ccccc2C)cc1. The van der Waals surface area contributed by atoms with Gasteiger partial charge in [-0.25, -0.2) is 0 Å². The highest BCUT2D eigenvalue weighted by Gasteiger charge is 2.41. The van der Waals surface area contributed by atoms with E-state index in [1.165, 1.54) is 22.5 Å². The molecular formula is C27H26N4OS. The quantitative estimate of drug-likeness (QED) is 0.397. The molecule has 0 bridgehead atoms. The lowest BCUT2D eigenvalue weighted by atomic mass is 10.0. The minimum absolute atomic E-state index is 0.0240. The molecule has 2 aromatic carbocycles. The van der Waals surface area contributed by atoms with Gasteiger partial charge in [-0.3, -0.25) is 4.98 Å². The molecule has 0 radical (unpaired) electrons. The third kappa shape index (κ3) is 4.10. The van der Waals surface area contributed by atoms with E-state index in [1.807, 2.05) is 30.5 Å². The lowest BCUT2D eigenvalue weighted by Crippen LogP contribution is -2.30. The van der Waals surface area contributed by atoms with E-state index < -0.39 is 0 Å². The van der Waals surface area contributed by atoms with E-state index in [2.05, 4.69) is 87.5 Å². The van der Waals surface area contributed by atoms with Crippen molar-refractivity contribution in [2.24, 2.45) is 0 Å². The Bertz CT molecular complexity index is 1250. The summed E-state index contributed by atoms with van der Waals surface area (Å²) in [5, 5.41) is 4.28. The summed E-state index contributed by atoms with van der Waals surface area (Å²) in [4.78, 5) is 6.93. The molecule has 0 amide bonds. The fraction of sp³-hybridized carbons (Fsp3) is 0.185. The van der Waals surface area contributed by atoms with E-state index >= 15 is 0 Å². The van der Waals surface area contributed by atoms with Gasteiger partial charge in [0.2, 0.25) is 0 Å². The van der Waals surface area contributed by atoms with E-state index in [0.717, 1.165) is 16.6 Å². The number of rotatable bonds is 6. The zero-order valence-electron chi connectivity index (χ0n) is 18.7. The molecule has 1 fully saturated rings. The molecule has 1 saturated heterocycles. The summed E-state index contributed by atoms with van der Waals surface area (Å²) in [5.41, 5.74) is 5.69. The molecule has 0 unspecified atom stereocenters. The molecule has 1 aliphatic heterocycles. The fourth-order valence-corrected chi connectivity index (χ4v) is 4.82. The Morgan fingerprint density at radius 3 is 2.48 bits per heavy atom. The van der Waals surface area contributed by atoms with Crippen molar-refractivity contribution in [2.75, 3.05) is 7.11 Å². The smallest absolute Gasteiger partial charge is 0.170 e. The lowest BCUT2D eigenvalue weighted by molar-refractivity contribution is 0.302. The molecule has 0 saturated carbocycles. The van der Waals surface area contributed by atoms with Gasteiger partial charge in [0.1, 0.15) is 5.75 Å². The second kappa shape index (κ2) is 9.08. The largest absolute Gasteiger partial charge is 0.497 e. The standard InChI is InChI=1S/C27H26N4OS/c1-19-8-3-4-10-23(19)30-17-7-11-24(30)26-25(22-9-5-6-16-28-22)29-27(33)31(26)18-20-12-14-21(32-2)15-13-20/h3-17,25-26H,18H2,1-2H3,(H,29,33)/t25-,26+/m1/s1. The highest BCUT2D eigenvalue weighted by molar-refractivity contribution is 7.80. The predicted molar refractivity (Wildman–Crippen MR) is 134 cm³/mol. The van der Waals surface area contributed by atoms with Crippen molar-refractivity contribution in [3.8, 4) is 11.4 Å². The third-order valence-corrected chi connectivity index (χ3v) is 6.52. The van der Waals surface area contributed by atoms with Crippen LogP contribution in [0, 0.1) is 6.92 Å². The van der Waals surface area contributed by atoms with Crippen molar-refractivity contribution in [3.05, 3.63) is 114 Å². The average molecular weight is 455 g/mol. The van der Waals surface area contributed by atoms with Crippen LogP contribution in [-0.2, 0) is 6.54 Å². The number of nitrogens with one attached hydrogen (secondary N) is 1. The second-order valence-electron chi connectivity index (χ2n) is 8.19. The summed E-state index contributed by atoms with van der Waals surface area (Å²) < 4.78 is 7.60. The molecule has 2 atom stereocenters. The maximum Gasteiger partial charge on any atom is 0.170 e. The van der Waals surface area contributed by atoms with E-state index in [-0.39, 0.29) is 12.1 Å². The van der Waals surface area contributed by atoms with Gasteiger partial charge >= 0.3 is 0 Å². The molecular weight excluding hydrogens is 428 g/mol. The number of nitrogens with zero attached hydrogens (tertiary/aromatic N) is 3. The summed E-state index contributed by atoms with van der Waals surface area (Å²) in [6.07, 6.45) is 3.96. The predicted octanol–water partition coefficient (Wildman–Crippen LogP) is 5.36. The molecule has 2 aromatic heterocycles. The van der Waals surface area contributed by atoms with Crippen LogP contribution in [0.15, 0.2) is 91.3 Å². The maximum atomic E-state index is 5.86. The minimum atomic E-state index is -0.0605. The molecule has 33 heavy (non-hydrogen) atoms. The van der Waals surface area contributed by atoms with Gasteiger partial charge in [-0.15, -0.1) is 0 Å². The number of pyridine rings is 1. The summed E-state index contributed by atoms with van der Waals surface area (Å²) in [6, 6.07) is 26.8. The van der Waals surface area contributed by atoms with Crippen molar-refractivity contribution >= 4 is 17.3 Å². The van der Waals surface area contributed by atoms with Crippen LogP contribution in [0.2, 0.25) is 0 Å². The number of aryl methyl sites for hydroxylation is 1. The number of thiocarbonyl (C=S) groups is 1. The van der Waals surface area contributed by atoms with Crippen LogP contribution in [0.3, 0.4) is 0 Å². The van der Waals surface area contributed by atoms with Crippen molar-refractivity contribution in [1.82, 2.24) is 19.8 Å². The van der Waals surface area contributed by atoms with E-state index in [0.29, 0.717) is 6.54 Å². The topological polar surface area (TPSA) is 42.3 Å². The molecule has 0 spiro atoms. The first-order valence-electron chi connectivity index (χ1n) is 11.0. The van der Waals surface area contributed by atoms with Gasteiger partial charge in [0.25, 0.3) is 0 Å². The number of aromatic nitrogens is 2. The monoisotopic (exact) mass is 454 g/mol. The van der Waals surface area contributed by atoms with Crippen LogP contribution < -0.4 is 10.1 Å². The number of ether oxygens (including phenoxy) is 1. The Balaban J connectivity index is 1.59. The summed E-state index contributed by atoms with van der Waals surface area (Å²) in [5.74, 6) is 0.845. The van der Waals surface area contributed by atoms with Crippen molar-refractivity contribution in [1.29, 1.82) is 0 Å². The molecule has 1 N–H and O–H groups in total. The van der Waals surface area contributed by atoms with Gasteiger partial charge in [-0.1, -0.05) is 36.4 Å². The molecule has 5 rings (SSSR count). The number of hydrogen-bond acceptors (Lipinski definition) is 3. The maximum absolute atomic E-state index is 5.86. The summed E-state index contributed by atoms with van der Waals surface area (Å²) in [6.45, 7) is 2.82. The van der Waals surface area contributed by atoms with Gasteiger partial charge in [0, 0.05) is 30.3 Å². The van der Waals surface area contributed by atoms with Gasteiger partial charge in [-0.05, 0) is 72.7 Å². The molecule has 166 valence electrons. The fourth-order valence-electron chi connectivity index (χ4n) is 4.51. The third-order valence-electron chi connectivity index (χ3n) is 6.17. The van der Waals surface area contributed by atoms with Crippen LogP contribution in [0.25, 0.3) is 5.69 Å². The van der Waals surface area contributed by atoms with Crippen molar-refractivity contribution < 1.29 is 4.74 Å². The zero-order chi connectivity index (χ0) is 22.8. The van der Waals surface area contributed by atoms with Crippen LogP contribution in [0.5, 0.6) is 5.75 Å². The number of methoxy groups -OCH3 is 1. The first-order chi connectivity index (χ1) is 16.2. The van der Waals surface area contributed by atoms with E-state index in [1.54, 1.807) is 7.11 Å². The molecule has 4 aromatic rings. The lowest BCUT2D eigenvalue weighted by Gasteiger charge is -2.29. The van der Waals surface area contributed by atoms with E-state index in [4.69, 9.17) is 17.0 Å². The Hall–Kier alpha value is -3.64. The molecule has 5 nitrogen and oxygen atoms in total. The number of para-hydroxylation sites is 1. The van der Waals surface area contributed by atoms with Crippen LogP contribution in [0.1, 0.15) is 34.6 Å². The molecule has 3 heterocycles. The Kier molecular flexibility index (Phi) is 5.84. The molecule has 6 heteroatoms. The normalized spacial score (nSPS) is 17.8. The average Bonchev–Trinajstić information content (AvgIpc) is 3.45. The zero-order valence-corrected chi connectivity index (χ0v) is 19.5. The van der Waals surface area contributed by atoms with Gasteiger partial charge in [-0.2, -0.15) is 0 Å². The number of benzene rings is 2. The molecule has 1 aliphatic rings.